The molecule has 1 atom stereocenters. The molecule has 0 aromatic heterocycles. The lowest BCUT2D eigenvalue weighted by atomic mass is 10.0. The number of halogens is 3. The zero-order valence-corrected chi connectivity index (χ0v) is 18.7. The minimum Gasteiger partial charge on any atom is -0.367 e. The van der Waals surface area contributed by atoms with Gasteiger partial charge in [0.2, 0.25) is 5.91 Å². The average molecular weight is 470 g/mol. The minimum absolute atomic E-state index is 0.0561. The lowest BCUT2D eigenvalue weighted by Crippen LogP contribution is -2.61. The molecule has 1 saturated carbocycles. The SMILES string of the molecule is CCc1ccc(C(=O)N2CCN(c3ccc(C#N)c(C(F)(F)F)c3)CC2C(=O)NC2CC2)cc1. The first kappa shape index (κ1) is 23.6. The summed E-state index contributed by atoms with van der Waals surface area (Å²) >= 11 is 0. The maximum atomic E-state index is 13.5. The summed E-state index contributed by atoms with van der Waals surface area (Å²) in [5, 5.41) is 12.0. The van der Waals surface area contributed by atoms with Gasteiger partial charge in [-0.15, -0.1) is 0 Å². The van der Waals surface area contributed by atoms with Gasteiger partial charge in [0.25, 0.3) is 5.91 Å². The Labute approximate surface area is 196 Å². The topological polar surface area (TPSA) is 76.4 Å². The van der Waals surface area contributed by atoms with Gasteiger partial charge in [0.15, 0.2) is 0 Å². The van der Waals surface area contributed by atoms with Crippen LogP contribution in [0.5, 0.6) is 0 Å². The fraction of sp³-hybridized carbons (Fsp3) is 0.400. The van der Waals surface area contributed by atoms with Crippen molar-refractivity contribution in [2.45, 2.75) is 44.4 Å². The van der Waals surface area contributed by atoms with Crippen molar-refractivity contribution in [2.24, 2.45) is 0 Å². The highest BCUT2D eigenvalue weighted by molar-refractivity contribution is 5.98. The lowest BCUT2D eigenvalue weighted by molar-refractivity contribution is -0.137. The van der Waals surface area contributed by atoms with Crippen LogP contribution in [0.25, 0.3) is 0 Å². The van der Waals surface area contributed by atoms with Crippen LogP contribution in [-0.2, 0) is 17.4 Å². The molecule has 1 N–H and O–H groups in total. The lowest BCUT2D eigenvalue weighted by Gasteiger charge is -2.41. The number of carbonyl (C=O) groups excluding carboxylic acids is 2. The third-order valence-electron chi connectivity index (χ3n) is 6.27. The number of piperazine rings is 1. The van der Waals surface area contributed by atoms with Gasteiger partial charge in [0, 0.05) is 36.9 Å². The fourth-order valence-corrected chi connectivity index (χ4v) is 4.12. The zero-order chi connectivity index (χ0) is 24.5. The molecule has 9 heteroatoms. The molecule has 34 heavy (non-hydrogen) atoms. The Morgan fingerprint density at radius 3 is 2.41 bits per heavy atom. The molecule has 2 aromatic rings. The summed E-state index contributed by atoms with van der Waals surface area (Å²) in [4.78, 5) is 29.5. The van der Waals surface area contributed by atoms with Gasteiger partial charge in [-0.05, 0) is 55.2 Å². The summed E-state index contributed by atoms with van der Waals surface area (Å²) in [6.07, 6.45) is -2.09. The number of hydrogen-bond acceptors (Lipinski definition) is 4. The van der Waals surface area contributed by atoms with Crippen molar-refractivity contribution in [3.05, 3.63) is 64.7 Å². The molecule has 6 nitrogen and oxygen atoms in total. The van der Waals surface area contributed by atoms with Gasteiger partial charge in [0.1, 0.15) is 6.04 Å². The number of alkyl halides is 3. The summed E-state index contributed by atoms with van der Waals surface area (Å²) in [5.41, 5.74) is 0.345. The van der Waals surface area contributed by atoms with Crippen molar-refractivity contribution < 1.29 is 22.8 Å². The molecule has 1 aliphatic carbocycles. The second-order valence-electron chi connectivity index (χ2n) is 8.63. The quantitative estimate of drug-likeness (QED) is 0.722. The molecule has 1 saturated heterocycles. The first-order valence-corrected chi connectivity index (χ1v) is 11.3. The first-order chi connectivity index (χ1) is 16.2. The Bertz CT molecular complexity index is 1120. The van der Waals surface area contributed by atoms with Gasteiger partial charge in [-0.1, -0.05) is 19.1 Å². The van der Waals surface area contributed by atoms with E-state index in [1.807, 2.05) is 19.1 Å². The molecule has 1 aliphatic heterocycles. The van der Waals surface area contributed by atoms with E-state index in [-0.39, 0.29) is 43.2 Å². The summed E-state index contributed by atoms with van der Waals surface area (Å²) in [6, 6.07) is 11.6. The molecule has 178 valence electrons. The number of hydrogen-bond donors (Lipinski definition) is 1. The molecular weight excluding hydrogens is 445 g/mol. The molecule has 2 amide bonds. The van der Waals surface area contributed by atoms with E-state index in [0.29, 0.717) is 5.56 Å². The summed E-state index contributed by atoms with van der Waals surface area (Å²) < 4.78 is 40.4. The standard InChI is InChI=1S/C25H25F3N4O2/c1-2-16-3-5-17(6-4-16)24(34)32-12-11-31(15-22(32)23(33)30-19-8-9-19)20-10-7-18(14-29)21(13-20)25(26,27)28/h3-7,10,13,19,22H,2,8-9,11-12,15H2,1H3,(H,30,33). The fourth-order valence-electron chi connectivity index (χ4n) is 4.12. The van der Waals surface area contributed by atoms with Gasteiger partial charge in [0.05, 0.1) is 17.2 Å². The maximum Gasteiger partial charge on any atom is 0.417 e. The monoisotopic (exact) mass is 470 g/mol. The van der Waals surface area contributed by atoms with E-state index in [1.54, 1.807) is 23.1 Å². The largest absolute Gasteiger partial charge is 0.417 e. The third kappa shape index (κ3) is 5.01. The van der Waals surface area contributed by atoms with Crippen molar-refractivity contribution in [3.8, 4) is 6.07 Å². The molecule has 4 rings (SSSR count). The van der Waals surface area contributed by atoms with Crippen molar-refractivity contribution in [3.63, 3.8) is 0 Å². The van der Waals surface area contributed by atoms with Crippen LogP contribution in [-0.4, -0.2) is 48.4 Å². The molecule has 0 bridgehead atoms. The average Bonchev–Trinajstić information content (AvgIpc) is 3.66. The van der Waals surface area contributed by atoms with Crippen molar-refractivity contribution in [2.75, 3.05) is 24.5 Å². The minimum atomic E-state index is -4.67. The van der Waals surface area contributed by atoms with Crippen LogP contribution in [0.3, 0.4) is 0 Å². The number of carbonyl (C=O) groups is 2. The summed E-state index contributed by atoms with van der Waals surface area (Å²) in [7, 11) is 0. The van der Waals surface area contributed by atoms with Gasteiger partial charge >= 0.3 is 6.18 Å². The van der Waals surface area contributed by atoms with Crippen LogP contribution in [0.1, 0.15) is 46.8 Å². The predicted molar refractivity (Wildman–Crippen MR) is 120 cm³/mol. The number of nitrogens with zero attached hydrogens (tertiary/aromatic N) is 3. The molecule has 1 heterocycles. The Kier molecular flexibility index (Phi) is 6.51. The molecule has 2 aliphatic rings. The highest BCUT2D eigenvalue weighted by Gasteiger charge is 2.39. The second-order valence-corrected chi connectivity index (χ2v) is 8.63. The maximum absolute atomic E-state index is 13.5. The number of aryl methyl sites for hydroxylation is 1. The summed E-state index contributed by atoms with van der Waals surface area (Å²) in [6.45, 7) is 2.51. The second kappa shape index (κ2) is 9.37. The van der Waals surface area contributed by atoms with E-state index in [4.69, 9.17) is 5.26 Å². The van der Waals surface area contributed by atoms with Crippen LogP contribution in [0, 0.1) is 11.3 Å². The molecule has 2 fully saturated rings. The molecule has 0 radical (unpaired) electrons. The first-order valence-electron chi connectivity index (χ1n) is 11.3. The van der Waals surface area contributed by atoms with Crippen LogP contribution in [0.2, 0.25) is 0 Å². The number of amides is 2. The van der Waals surface area contributed by atoms with Crippen LogP contribution in [0.15, 0.2) is 42.5 Å². The number of nitriles is 1. The van der Waals surface area contributed by atoms with Gasteiger partial charge in [-0.25, -0.2) is 0 Å². The van der Waals surface area contributed by atoms with E-state index in [1.165, 1.54) is 11.0 Å². The summed E-state index contributed by atoms with van der Waals surface area (Å²) in [5.74, 6) is -0.593. The Balaban J connectivity index is 1.60. The molecular formula is C25H25F3N4O2. The van der Waals surface area contributed by atoms with E-state index in [0.717, 1.165) is 37.0 Å². The third-order valence-corrected chi connectivity index (χ3v) is 6.27. The predicted octanol–water partition coefficient (Wildman–Crippen LogP) is 3.75. The van der Waals surface area contributed by atoms with Crippen LogP contribution in [0.4, 0.5) is 18.9 Å². The highest BCUT2D eigenvalue weighted by atomic mass is 19.4. The number of benzene rings is 2. The Hall–Kier alpha value is -3.54. The Morgan fingerprint density at radius 1 is 1.12 bits per heavy atom. The smallest absolute Gasteiger partial charge is 0.367 e. The molecule has 2 aromatic carbocycles. The normalized spacial score (nSPS) is 18.4. The highest BCUT2D eigenvalue weighted by Crippen LogP contribution is 2.35. The zero-order valence-electron chi connectivity index (χ0n) is 18.7. The Morgan fingerprint density at radius 2 is 1.82 bits per heavy atom. The van der Waals surface area contributed by atoms with Gasteiger partial charge in [-0.2, -0.15) is 18.4 Å². The van der Waals surface area contributed by atoms with Crippen LogP contribution < -0.4 is 10.2 Å². The molecule has 1 unspecified atom stereocenters. The van der Waals surface area contributed by atoms with E-state index in [2.05, 4.69) is 5.32 Å². The van der Waals surface area contributed by atoms with E-state index < -0.39 is 23.3 Å². The molecule has 0 spiro atoms. The van der Waals surface area contributed by atoms with Gasteiger partial charge in [-0.3, -0.25) is 9.59 Å². The van der Waals surface area contributed by atoms with E-state index >= 15 is 0 Å². The van der Waals surface area contributed by atoms with Crippen molar-refractivity contribution in [1.82, 2.24) is 10.2 Å². The van der Waals surface area contributed by atoms with E-state index in [9.17, 15) is 22.8 Å². The number of anilines is 1. The number of nitrogens with one attached hydrogen (secondary N) is 1. The van der Waals surface area contributed by atoms with Crippen molar-refractivity contribution in [1.29, 1.82) is 5.26 Å². The number of rotatable bonds is 5. The van der Waals surface area contributed by atoms with Crippen molar-refractivity contribution >= 4 is 17.5 Å². The van der Waals surface area contributed by atoms with Gasteiger partial charge < -0.3 is 15.1 Å². The van der Waals surface area contributed by atoms with Crippen LogP contribution >= 0.6 is 0 Å².